The van der Waals surface area contributed by atoms with Crippen molar-refractivity contribution in [3.63, 3.8) is 0 Å². The average Bonchev–Trinajstić information content (AvgIpc) is 3.11. The molecule has 2 bridgehead atoms. The smallest absolute Gasteiger partial charge is 0.127 e. The lowest BCUT2D eigenvalue weighted by Crippen LogP contribution is -2.38. The fourth-order valence-electron chi connectivity index (χ4n) is 3.64. The van der Waals surface area contributed by atoms with Crippen LogP contribution >= 0.6 is 0 Å². The van der Waals surface area contributed by atoms with Crippen molar-refractivity contribution in [2.45, 2.75) is 37.5 Å². The summed E-state index contributed by atoms with van der Waals surface area (Å²) in [6.07, 6.45) is 4.00. The van der Waals surface area contributed by atoms with Crippen molar-refractivity contribution < 1.29 is 14.2 Å². The van der Waals surface area contributed by atoms with Crippen LogP contribution in [0, 0.1) is 5.92 Å². The highest BCUT2D eigenvalue weighted by atomic mass is 16.5. The minimum Gasteiger partial charge on any atom is -0.496 e. The van der Waals surface area contributed by atoms with E-state index in [-0.39, 0.29) is 12.1 Å². The molecule has 0 spiro atoms. The minimum absolute atomic E-state index is 0.0172. The molecule has 5 heteroatoms. The van der Waals surface area contributed by atoms with Crippen LogP contribution in [-0.2, 0) is 4.74 Å². The molecular formula is C15H22N2O3. The van der Waals surface area contributed by atoms with Crippen LogP contribution in [0.2, 0.25) is 0 Å². The largest absolute Gasteiger partial charge is 0.496 e. The zero-order valence-corrected chi connectivity index (χ0v) is 12.0. The van der Waals surface area contributed by atoms with Crippen LogP contribution in [0.5, 0.6) is 11.5 Å². The second-order valence-corrected chi connectivity index (χ2v) is 5.49. The molecule has 1 aromatic carbocycles. The molecular weight excluding hydrogens is 256 g/mol. The maximum absolute atomic E-state index is 5.96. The van der Waals surface area contributed by atoms with Crippen LogP contribution in [0.3, 0.4) is 0 Å². The van der Waals surface area contributed by atoms with Crippen molar-refractivity contribution in [1.82, 2.24) is 5.43 Å². The molecule has 0 radical (unpaired) electrons. The lowest BCUT2D eigenvalue weighted by molar-refractivity contribution is 0.0852. The summed E-state index contributed by atoms with van der Waals surface area (Å²) >= 11 is 0. The van der Waals surface area contributed by atoms with Crippen molar-refractivity contribution in [3.05, 3.63) is 23.8 Å². The molecule has 5 nitrogen and oxygen atoms in total. The highest BCUT2D eigenvalue weighted by Gasteiger charge is 2.45. The van der Waals surface area contributed by atoms with E-state index < -0.39 is 0 Å². The van der Waals surface area contributed by atoms with E-state index >= 15 is 0 Å². The number of hydrogen-bond donors (Lipinski definition) is 2. The molecule has 20 heavy (non-hydrogen) atoms. The van der Waals surface area contributed by atoms with Gasteiger partial charge in [-0.25, -0.2) is 0 Å². The number of nitrogens with two attached hydrogens (primary N) is 1. The van der Waals surface area contributed by atoms with E-state index in [1.807, 2.05) is 18.2 Å². The van der Waals surface area contributed by atoms with Gasteiger partial charge >= 0.3 is 0 Å². The van der Waals surface area contributed by atoms with Gasteiger partial charge in [-0.1, -0.05) is 6.07 Å². The summed E-state index contributed by atoms with van der Waals surface area (Å²) in [7, 11) is 3.34. The van der Waals surface area contributed by atoms with Gasteiger partial charge in [-0.05, 0) is 31.4 Å². The first-order valence-electron chi connectivity index (χ1n) is 7.11. The third-order valence-electron chi connectivity index (χ3n) is 4.54. The Morgan fingerprint density at radius 2 is 1.95 bits per heavy atom. The number of fused-ring (bicyclic) bond motifs is 2. The minimum atomic E-state index is -0.0172. The highest BCUT2D eigenvalue weighted by molar-refractivity contribution is 5.47. The van der Waals surface area contributed by atoms with E-state index in [0.29, 0.717) is 12.0 Å². The van der Waals surface area contributed by atoms with Crippen LogP contribution in [-0.4, -0.2) is 26.4 Å². The van der Waals surface area contributed by atoms with E-state index in [1.165, 1.54) is 6.42 Å². The van der Waals surface area contributed by atoms with E-state index in [4.69, 9.17) is 20.1 Å². The molecule has 3 rings (SSSR count). The molecule has 4 unspecified atom stereocenters. The molecule has 3 N–H and O–H groups in total. The predicted molar refractivity (Wildman–Crippen MR) is 75.6 cm³/mol. The molecule has 0 amide bonds. The molecule has 2 heterocycles. The summed E-state index contributed by atoms with van der Waals surface area (Å²) < 4.78 is 16.9. The molecule has 0 aliphatic carbocycles. The summed E-state index contributed by atoms with van der Waals surface area (Å²) in [6, 6.07) is 5.79. The molecule has 2 aliphatic rings. The monoisotopic (exact) mass is 278 g/mol. The normalized spacial score (nSPS) is 29.4. The van der Waals surface area contributed by atoms with Crippen LogP contribution in [0.25, 0.3) is 0 Å². The van der Waals surface area contributed by atoms with Crippen molar-refractivity contribution >= 4 is 0 Å². The maximum Gasteiger partial charge on any atom is 0.127 e. The van der Waals surface area contributed by atoms with E-state index in [0.717, 1.165) is 29.9 Å². The summed E-state index contributed by atoms with van der Waals surface area (Å²) in [6.45, 7) is 0. The zero-order valence-electron chi connectivity index (χ0n) is 12.0. The maximum atomic E-state index is 5.96. The Labute approximate surface area is 119 Å². The standard InChI is InChI=1S/C15H22N2O3/c1-18-12-4-3-5-13(19-2)14(12)15(17-16)10-8-9-6-7-11(10)20-9/h3-5,9-11,15,17H,6-8,16H2,1-2H3. The third kappa shape index (κ3) is 2.16. The van der Waals surface area contributed by atoms with Crippen molar-refractivity contribution in [3.8, 4) is 11.5 Å². The predicted octanol–water partition coefficient (Wildman–Crippen LogP) is 1.78. The number of hydrogen-bond acceptors (Lipinski definition) is 5. The van der Waals surface area contributed by atoms with Crippen molar-refractivity contribution in [1.29, 1.82) is 0 Å². The van der Waals surface area contributed by atoms with Gasteiger partial charge < -0.3 is 14.2 Å². The Morgan fingerprint density at radius 3 is 2.40 bits per heavy atom. The Bertz CT molecular complexity index is 458. The van der Waals surface area contributed by atoms with Gasteiger partial charge in [0, 0.05) is 5.92 Å². The Hall–Kier alpha value is -1.30. The topological polar surface area (TPSA) is 65.7 Å². The van der Waals surface area contributed by atoms with Gasteiger partial charge in [0.05, 0.1) is 38.0 Å². The van der Waals surface area contributed by atoms with Crippen LogP contribution in [0.15, 0.2) is 18.2 Å². The lowest BCUT2D eigenvalue weighted by Gasteiger charge is -2.30. The summed E-state index contributed by atoms with van der Waals surface area (Å²) in [5.74, 6) is 7.81. The van der Waals surface area contributed by atoms with Gasteiger partial charge in [0.25, 0.3) is 0 Å². The SMILES string of the molecule is COc1cccc(OC)c1C(NN)C1CC2CCC1O2. The molecule has 0 aromatic heterocycles. The molecule has 2 fully saturated rings. The number of benzene rings is 1. The number of ether oxygens (including phenoxy) is 3. The third-order valence-corrected chi connectivity index (χ3v) is 4.54. The first-order valence-corrected chi connectivity index (χ1v) is 7.11. The Balaban J connectivity index is 1.96. The highest BCUT2D eigenvalue weighted by Crippen LogP contribution is 2.47. The lowest BCUT2D eigenvalue weighted by atomic mass is 9.81. The molecule has 2 aliphatic heterocycles. The first-order chi connectivity index (χ1) is 9.78. The molecule has 110 valence electrons. The van der Waals surface area contributed by atoms with E-state index in [9.17, 15) is 0 Å². The number of hydrazine groups is 1. The van der Waals surface area contributed by atoms with E-state index in [2.05, 4.69) is 5.43 Å². The van der Waals surface area contributed by atoms with Gasteiger partial charge in [0.2, 0.25) is 0 Å². The molecule has 4 atom stereocenters. The van der Waals surface area contributed by atoms with Gasteiger partial charge in [-0.2, -0.15) is 0 Å². The quantitative estimate of drug-likeness (QED) is 0.635. The van der Waals surface area contributed by atoms with Crippen molar-refractivity contribution in [2.24, 2.45) is 11.8 Å². The van der Waals surface area contributed by atoms with Gasteiger partial charge in [-0.15, -0.1) is 0 Å². The second kappa shape index (κ2) is 5.60. The molecule has 2 saturated heterocycles. The van der Waals surface area contributed by atoms with Crippen LogP contribution in [0.4, 0.5) is 0 Å². The number of methoxy groups -OCH3 is 2. The number of rotatable bonds is 5. The van der Waals surface area contributed by atoms with Crippen molar-refractivity contribution in [2.75, 3.05) is 14.2 Å². The molecule has 0 saturated carbocycles. The molecule has 1 aromatic rings. The van der Waals surface area contributed by atoms with Crippen LogP contribution in [0.1, 0.15) is 30.9 Å². The van der Waals surface area contributed by atoms with E-state index in [1.54, 1.807) is 14.2 Å². The van der Waals surface area contributed by atoms with Gasteiger partial charge in [0.1, 0.15) is 11.5 Å². The Kier molecular flexibility index (Phi) is 3.83. The van der Waals surface area contributed by atoms with Gasteiger partial charge in [0.15, 0.2) is 0 Å². The van der Waals surface area contributed by atoms with Gasteiger partial charge in [-0.3, -0.25) is 11.3 Å². The fourth-order valence-corrected chi connectivity index (χ4v) is 3.64. The number of nitrogens with one attached hydrogen (secondary N) is 1. The first kappa shape index (κ1) is 13.7. The summed E-state index contributed by atoms with van der Waals surface area (Å²) in [5, 5.41) is 0. The fraction of sp³-hybridized carbons (Fsp3) is 0.600. The van der Waals surface area contributed by atoms with Crippen LogP contribution < -0.4 is 20.7 Å². The Morgan fingerprint density at radius 1 is 1.25 bits per heavy atom. The second-order valence-electron chi connectivity index (χ2n) is 5.49. The summed E-state index contributed by atoms with van der Waals surface area (Å²) in [5.41, 5.74) is 3.94. The zero-order chi connectivity index (χ0) is 14.1. The summed E-state index contributed by atoms with van der Waals surface area (Å²) in [4.78, 5) is 0. The average molecular weight is 278 g/mol.